The molecule has 0 radical (unpaired) electrons. The van der Waals surface area contributed by atoms with Crippen molar-refractivity contribution in [3.05, 3.63) is 89.2 Å². The van der Waals surface area contributed by atoms with Crippen LogP contribution in [-0.2, 0) is 13.0 Å². The Kier molecular flexibility index (Phi) is 6.63. The standard InChI is InChI=1S/C26H22F2N8O3/c1-39-17-7-4-5-14(9-17)13-35(26(37)38)22-23(29)32-25(33-24(22)30)36-20-11-16(27)12-31-21(20)19(34-36)10-15-6-2-3-8-18(15)28/h2-9,11-12H,10,13H2,1H3,(H,37,38)(H4,29,30,32,33). The number of nitrogens with two attached hydrogens (primary N) is 2. The molecule has 0 atom stereocenters. The molecule has 0 aliphatic rings. The Balaban J connectivity index is 1.57. The molecule has 13 heteroatoms. The normalized spacial score (nSPS) is 11.1. The van der Waals surface area contributed by atoms with Crippen molar-refractivity contribution < 1.29 is 23.4 Å². The van der Waals surface area contributed by atoms with Gasteiger partial charge in [0.2, 0.25) is 0 Å². The lowest BCUT2D eigenvalue weighted by Crippen LogP contribution is -2.31. The Hall–Kier alpha value is -5.33. The van der Waals surface area contributed by atoms with E-state index in [1.807, 2.05) is 0 Å². The predicted molar refractivity (Wildman–Crippen MR) is 140 cm³/mol. The molecule has 5 N–H and O–H groups in total. The molecule has 0 unspecified atom stereocenters. The maximum atomic E-state index is 14.3. The highest BCUT2D eigenvalue weighted by Gasteiger charge is 2.25. The maximum absolute atomic E-state index is 14.3. The van der Waals surface area contributed by atoms with Crippen molar-refractivity contribution in [3.8, 4) is 11.7 Å². The summed E-state index contributed by atoms with van der Waals surface area (Å²) in [5.74, 6) is -1.16. The number of pyridine rings is 1. The SMILES string of the molecule is COc1cccc(CN(C(=O)O)c2c(N)nc(-n3nc(Cc4ccccc4F)c4ncc(F)cc43)nc2N)c1. The summed E-state index contributed by atoms with van der Waals surface area (Å²) < 4.78 is 34.9. The van der Waals surface area contributed by atoms with Gasteiger partial charge in [-0.1, -0.05) is 30.3 Å². The van der Waals surface area contributed by atoms with E-state index in [-0.39, 0.29) is 41.8 Å². The average molecular weight is 533 g/mol. The lowest BCUT2D eigenvalue weighted by atomic mass is 10.1. The van der Waals surface area contributed by atoms with Crippen LogP contribution in [0.1, 0.15) is 16.8 Å². The molecule has 0 fully saturated rings. The summed E-state index contributed by atoms with van der Waals surface area (Å²) >= 11 is 0. The van der Waals surface area contributed by atoms with Gasteiger partial charge in [0.1, 0.15) is 28.6 Å². The van der Waals surface area contributed by atoms with Crippen LogP contribution in [0.15, 0.2) is 60.8 Å². The van der Waals surface area contributed by atoms with E-state index >= 15 is 0 Å². The molecule has 3 aromatic heterocycles. The number of methoxy groups -OCH3 is 1. The van der Waals surface area contributed by atoms with Crippen LogP contribution in [0.5, 0.6) is 5.75 Å². The fraction of sp³-hybridized carbons (Fsp3) is 0.115. The molecule has 5 rings (SSSR count). The molecule has 1 amide bonds. The molecule has 198 valence electrons. The molecule has 5 aromatic rings. The van der Waals surface area contributed by atoms with E-state index in [0.717, 1.165) is 11.1 Å². The van der Waals surface area contributed by atoms with Gasteiger partial charge in [-0.2, -0.15) is 19.7 Å². The van der Waals surface area contributed by atoms with E-state index in [2.05, 4.69) is 20.1 Å². The first kappa shape index (κ1) is 25.3. The van der Waals surface area contributed by atoms with Crippen molar-refractivity contribution in [1.29, 1.82) is 0 Å². The molecule has 39 heavy (non-hydrogen) atoms. The first-order chi connectivity index (χ1) is 18.7. The highest BCUT2D eigenvalue weighted by atomic mass is 19.1. The number of ether oxygens (including phenoxy) is 1. The van der Waals surface area contributed by atoms with Crippen molar-refractivity contribution in [1.82, 2.24) is 24.7 Å². The summed E-state index contributed by atoms with van der Waals surface area (Å²) in [7, 11) is 1.50. The number of anilines is 3. The Labute approximate surface area is 220 Å². The van der Waals surface area contributed by atoms with Crippen LogP contribution in [0.3, 0.4) is 0 Å². The van der Waals surface area contributed by atoms with Crippen molar-refractivity contribution in [2.75, 3.05) is 23.5 Å². The Morgan fingerprint density at radius 2 is 1.82 bits per heavy atom. The topological polar surface area (TPSA) is 158 Å². The van der Waals surface area contributed by atoms with Crippen molar-refractivity contribution in [3.63, 3.8) is 0 Å². The van der Waals surface area contributed by atoms with Gasteiger partial charge in [0.05, 0.1) is 31.1 Å². The van der Waals surface area contributed by atoms with Gasteiger partial charge < -0.3 is 21.3 Å². The monoisotopic (exact) mass is 532 g/mol. The molecule has 0 aliphatic carbocycles. The zero-order valence-electron chi connectivity index (χ0n) is 20.5. The quantitative estimate of drug-likeness (QED) is 0.282. The van der Waals surface area contributed by atoms with Crippen molar-refractivity contribution in [2.45, 2.75) is 13.0 Å². The number of rotatable bonds is 7. The first-order valence-electron chi connectivity index (χ1n) is 11.6. The summed E-state index contributed by atoms with van der Waals surface area (Å²) in [6.07, 6.45) is -0.254. The molecule has 3 heterocycles. The molecular formula is C26H22F2N8O3. The minimum absolute atomic E-state index is 0.0607. The molecule has 0 spiro atoms. The maximum Gasteiger partial charge on any atom is 0.412 e. The third kappa shape index (κ3) is 4.97. The molecule has 0 saturated heterocycles. The van der Waals surface area contributed by atoms with E-state index in [0.29, 0.717) is 28.1 Å². The third-order valence-corrected chi connectivity index (χ3v) is 5.96. The lowest BCUT2D eigenvalue weighted by molar-refractivity contribution is 0.201. The van der Waals surface area contributed by atoms with Gasteiger partial charge in [-0.05, 0) is 29.3 Å². The number of amides is 1. The van der Waals surface area contributed by atoms with Crippen LogP contribution >= 0.6 is 0 Å². The average Bonchev–Trinajstić information content (AvgIpc) is 3.26. The number of nitrogen functional groups attached to an aromatic ring is 2. The van der Waals surface area contributed by atoms with E-state index in [1.54, 1.807) is 42.5 Å². The van der Waals surface area contributed by atoms with Crippen LogP contribution in [0.2, 0.25) is 0 Å². The second kappa shape index (κ2) is 10.2. The zero-order valence-corrected chi connectivity index (χ0v) is 20.5. The highest BCUT2D eigenvalue weighted by molar-refractivity contribution is 5.94. The zero-order chi connectivity index (χ0) is 27.7. The third-order valence-electron chi connectivity index (χ3n) is 5.96. The fourth-order valence-corrected chi connectivity index (χ4v) is 4.17. The van der Waals surface area contributed by atoms with Gasteiger partial charge in [0, 0.05) is 12.5 Å². The lowest BCUT2D eigenvalue weighted by Gasteiger charge is -2.22. The van der Waals surface area contributed by atoms with Crippen LogP contribution in [0.4, 0.5) is 30.9 Å². The summed E-state index contributed by atoms with van der Waals surface area (Å²) in [5, 5.41) is 14.4. The molecule has 0 saturated carbocycles. The highest BCUT2D eigenvalue weighted by Crippen LogP contribution is 2.31. The van der Waals surface area contributed by atoms with E-state index in [4.69, 9.17) is 16.2 Å². The number of hydrogen-bond acceptors (Lipinski definition) is 8. The van der Waals surface area contributed by atoms with Crippen LogP contribution in [-0.4, -0.2) is 43.0 Å². The number of nitrogens with zero attached hydrogens (tertiary/aromatic N) is 6. The van der Waals surface area contributed by atoms with Gasteiger partial charge in [0.15, 0.2) is 11.6 Å². The molecule has 11 nitrogen and oxygen atoms in total. The van der Waals surface area contributed by atoms with Gasteiger partial charge >= 0.3 is 6.09 Å². The fourth-order valence-electron chi connectivity index (χ4n) is 4.17. The summed E-state index contributed by atoms with van der Waals surface area (Å²) in [6.45, 7) is -0.115. The van der Waals surface area contributed by atoms with Gasteiger partial charge in [-0.25, -0.2) is 18.6 Å². The number of halogens is 2. The number of hydrogen-bond donors (Lipinski definition) is 3. The molecular weight excluding hydrogens is 510 g/mol. The minimum Gasteiger partial charge on any atom is -0.497 e. The van der Waals surface area contributed by atoms with E-state index in [9.17, 15) is 18.7 Å². The van der Waals surface area contributed by atoms with Gasteiger partial charge in [-0.15, -0.1) is 0 Å². The molecule has 2 aromatic carbocycles. The van der Waals surface area contributed by atoms with Gasteiger partial charge in [-0.3, -0.25) is 4.90 Å². The predicted octanol–water partition coefficient (Wildman–Crippen LogP) is 3.94. The van der Waals surface area contributed by atoms with Crippen LogP contribution < -0.4 is 21.1 Å². The van der Waals surface area contributed by atoms with Crippen LogP contribution in [0, 0.1) is 11.6 Å². The second-order valence-corrected chi connectivity index (χ2v) is 8.51. The van der Waals surface area contributed by atoms with E-state index < -0.39 is 17.7 Å². The summed E-state index contributed by atoms with van der Waals surface area (Å²) in [5.41, 5.74) is 14.1. The molecule has 0 aliphatic heterocycles. The number of benzene rings is 2. The number of aromatic nitrogens is 5. The Morgan fingerprint density at radius 1 is 1.08 bits per heavy atom. The first-order valence-corrected chi connectivity index (χ1v) is 11.6. The van der Waals surface area contributed by atoms with Crippen LogP contribution in [0.25, 0.3) is 17.0 Å². The number of carboxylic acid groups (broad SMARTS) is 1. The largest absolute Gasteiger partial charge is 0.497 e. The summed E-state index contributed by atoms with van der Waals surface area (Å²) in [4.78, 5) is 25.7. The number of fused-ring (bicyclic) bond motifs is 1. The van der Waals surface area contributed by atoms with Gasteiger partial charge in [0.25, 0.3) is 5.95 Å². The smallest absolute Gasteiger partial charge is 0.412 e. The van der Waals surface area contributed by atoms with E-state index in [1.165, 1.54) is 23.9 Å². The number of carbonyl (C=O) groups is 1. The second-order valence-electron chi connectivity index (χ2n) is 8.51. The minimum atomic E-state index is -1.34. The Bertz CT molecular complexity index is 1690. The van der Waals surface area contributed by atoms with Crippen molar-refractivity contribution in [2.24, 2.45) is 0 Å². The molecule has 0 bridgehead atoms. The Morgan fingerprint density at radius 3 is 2.51 bits per heavy atom. The summed E-state index contributed by atoms with van der Waals surface area (Å²) in [6, 6.07) is 14.2. The van der Waals surface area contributed by atoms with Crippen molar-refractivity contribution >= 4 is 34.4 Å².